The fourth-order valence-corrected chi connectivity index (χ4v) is 1.49. The molecule has 0 saturated heterocycles. The zero-order chi connectivity index (χ0) is 10.2. The summed E-state index contributed by atoms with van der Waals surface area (Å²) in [7, 11) is 0. The average molecular weight is 178 g/mol. The fraction of sp³-hybridized carbons (Fsp3) is 0.455. The lowest BCUT2D eigenvalue weighted by Crippen LogP contribution is -2.22. The van der Waals surface area contributed by atoms with E-state index in [1.807, 2.05) is 19.9 Å². The van der Waals surface area contributed by atoms with Gasteiger partial charge in [0, 0.05) is 11.1 Å². The van der Waals surface area contributed by atoms with E-state index in [4.69, 9.17) is 0 Å². The number of hydrogen-bond acceptors (Lipinski definition) is 2. The van der Waals surface area contributed by atoms with Crippen LogP contribution in [0.1, 0.15) is 27.7 Å². The van der Waals surface area contributed by atoms with Gasteiger partial charge < -0.3 is 0 Å². The second-order valence-corrected chi connectivity index (χ2v) is 3.72. The monoisotopic (exact) mass is 178 g/mol. The Balaban J connectivity index is 3.23. The van der Waals surface area contributed by atoms with Crippen molar-refractivity contribution in [3.8, 4) is 0 Å². The maximum Gasteiger partial charge on any atom is 0.229 e. The number of rotatable bonds is 1. The van der Waals surface area contributed by atoms with Gasteiger partial charge in [0.1, 0.15) is 0 Å². The van der Waals surface area contributed by atoms with Crippen LogP contribution in [0.5, 0.6) is 0 Å². The van der Waals surface area contributed by atoms with E-state index in [0.29, 0.717) is 17.1 Å². The van der Waals surface area contributed by atoms with Crippen LogP contribution >= 0.6 is 0 Å². The molecule has 0 atom stereocenters. The molecule has 13 heavy (non-hydrogen) atoms. The van der Waals surface area contributed by atoms with Gasteiger partial charge >= 0.3 is 0 Å². The van der Waals surface area contributed by atoms with Crippen molar-refractivity contribution in [2.45, 2.75) is 27.7 Å². The number of carbonyl (C=O) groups excluding carboxylic acids is 2. The summed E-state index contributed by atoms with van der Waals surface area (Å²) in [6, 6.07) is 0. The van der Waals surface area contributed by atoms with E-state index in [2.05, 4.69) is 0 Å². The van der Waals surface area contributed by atoms with Crippen LogP contribution in [0.3, 0.4) is 0 Å². The molecule has 0 heterocycles. The highest BCUT2D eigenvalue weighted by molar-refractivity contribution is 6.49. The van der Waals surface area contributed by atoms with Gasteiger partial charge in [0.2, 0.25) is 11.6 Å². The van der Waals surface area contributed by atoms with Crippen LogP contribution in [0.2, 0.25) is 0 Å². The highest BCUT2D eigenvalue weighted by atomic mass is 16.2. The van der Waals surface area contributed by atoms with Gasteiger partial charge in [0.15, 0.2) is 0 Å². The van der Waals surface area contributed by atoms with Crippen LogP contribution in [0.15, 0.2) is 22.8 Å². The lowest BCUT2D eigenvalue weighted by Gasteiger charge is -2.16. The SMILES string of the molecule is CC1=CC(C(C)C)=C(C)C(=O)C1=O. The molecule has 0 saturated carbocycles. The van der Waals surface area contributed by atoms with Crippen molar-refractivity contribution in [2.24, 2.45) is 5.92 Å². The highest BCUT2D eigenvalue weighted by Crippen LogP contribution is 2.23. The van der Waals surface area contributed by atoms with Gasteiger partial charge in [-0.3, -0.25) is 9.59 Å². The quantitative estimate of drug-likeness (QED) is 0.455. The predicted octanol–water partition coefficient (Wildman–Crippen LogP) is 2.06. The third-order valence-corrected chi connectivity index (χ3v) is 2.33. The first-order valence-corrected chi connectivity index (χ1v) is 4.43. The minimum absolute atomic E-state index is 0.298. The molecule has 2 nitrogen and oxygen atoms in total. The molecule has 0 fully saturated rings. The third-order valence-electron chi connectivity index (χ3n) is 2.33. The molecular formula is C11H14O2. The summed E-state index contributed by atoms with van der Waals surface area (Å²) < 4.78 is 0. The van der Waals surface area contributed by atoms with Gasteiger partial charge in [-0.25, -0.2) is 0 Å². The summed E-state index contributed by atoms with van der Waals surface area (Å²) in [6.45, 7) is 7.45. The summed E-state index contributed by atoms with van der Waals surface area (Å²) in [5, 5.41) is 0. The van der Waals surface area contributed by atoms with Crippen LogP contribution in [-0.4, -0.2) is 11.6 Å². The second-order valence-electron chi connectivity index (χ2n) is 3.72. The van der Waals surface area contributed by atoms with Crippen LogP contribution in [0.25, 0.3) is 0 Å². The molecule has 1 aliphatic rings. The summed E-state index contributed by atoms with van der Waals surface area (Å²) in [5.41, 5.74) is 2.15. The molecule has 0 unspecified atom stereocenters. The third kappa shape index (κ3) is 1.62. The Hall–Kier alpha value is -1.18. The summed E-state index contributed by atoms with van der Waals surface area (Å²) >= 11 is 0. The van der Waals surface area contributed by atoms with Crippen molar-refractivity contribution in [3.05, 3.63) is 22.8 Å². The molecule has 0 N–H and O–H groups in total. The van der Waals surface area contributed by atoms with Crippen LogP contribution in [-0.2, 0) is 9.59 Å². The Bertz CT molecular complexity index is 326. The van der Waals surface area contributed by atoms with Crippen molar-refractivity contribution in [2.75, 3.05) is 0 Å². The molecule has 0 amide bonds. The van der Waals surface area contributed by atoms with E-state index < -0.39 is 0 Å². The van der Waals surface area contributed by atoms with Crippen LogP contribution in [0.4, 0.5) is 0 Å². The normalized spacial score (nSPS) is 18.4. The summed E-state index contributed by atoms with van der Waals surface area (Å²) in [6.07, 6.45) is 1.82. The number of ketones is 2. The molecule has 70 valence electrons. The van der Waals surface area contributed by atoms with Crippen molar-refractivity contribution in [1.29, 1.82) is 0 Å². The number of hydrogen-bond donors (Lipinski definition) is 0. The van der Waals surface area contributed by atoms with Crippen LogP contribution in [0, 0.1) is 5.92 Å². The topological polar surface area (TPSA) is 34.1 Å². The van der Waals surface area contributed by atoms with Gasteiger partial charge in [-0.15, -0.1) is 0 Å². The number of allylic oxidation sites excluding steroid dienone is 4. The Morgan fingerprint density at radius 2 is 1.62 bits per heavy atom. The average Bonchev–Trinajstić information content (AvgIpc) is 2.07. The lowest BCUT2D eigenvalue weighted by atomic mass is 9.86. The smallest absolute Gasteiger partial charge is 0.229 e. The van der Waals surface area contributed by atoms with Gasteiger partial charge in [-0.2, -0.15) is 0 Å². The molecule has 0 aromatic rings. The van der Waals surface area contributed by atoms with Gasteiger partial charge in [-0.1, -0.05) is 19.9 Å². The highest BCUT2D eigenvalue weighted by Gasteiger charge is 2.25. The Kier molecular flexibility index (Phi) is 2.50. The minimum atomic E-state index is -0.359. The molecule has 1 rings (SSSR count). The number of carbonyl (C=O) groups is 2. The van der Waals surface area contributed by atoms with Crippen molar-refractivity contribution >= 4 is 11.6 Å². The molecule has 0 aliphatic heterocycles. The van der Waals surface area contributed by atoms with Gasteiger partial charge in [0.25, 0.3) is 0 Å². The molecular weight excluding hydrogens is 164 g/mol. The Morgan fingerprint density at radius 3 is 2.08 bits per heavy atom. The standard InChI is InChI=1S/C11H14O2/c1-6(2)9-5-7(3)10(12)11(13)8(9)4/h5-6H,1-4H3. The van der Waals surface area contributed by atoms with E-state index in [0.717, 1.165) is 5.57 Å². The Labute approximate surface area is 78.3 Å². The largest absolute Gasteiger partial charge is 0.285 e. The molecule has 2 heteroatoms. The molecule has 1 aliphatic carbocycles. The van der Waals surface area contributed by atoms with Gasteiger partial charge in [-0.05, 0) is 25.3 Å². The maximum atomic E-state index is 11.4. The summed E-state index contributed by atoms with van der Waals surface area (Å²) in [4.78, 5) is 22.7. The molecule has 0 aromatic heterocycles. The summed E-state index contributed by atoms with van der Waals surface area (Å²) in [5.74, 6) is -0.405. The van der Waals surface area contributed by atoms with E-state index in [-0.39, 0.29) is 11.6 Å². The van der Waals surface area contributed by atoms with Crippen molar-refractivity contribution < 1.29 is 9.59 Å². The van der Waals surface area contributed by atoms with E-state index >= 15 is 0 Å². The first-order valence-electron chi connectivity index (χ1n) is 4.43. The fourth-order valence-electron chi connectivity index (χ4n) is 1.49. The lowest BCUT2D eigenvalue weighted by molar-refractivity contribution is -0.132. The second kappa shape index (κ2) is 3.29. The van der Waals surface area contributed by atoms with Gasteiger partial charge in [0.05, 0.1) is 0 Å². The molecule has 0 bridgehead atoms. The zero-order valence-corrected chi connectivity index (χ0v) is 8.47. The van der Waals surface area contributed by atoms with Crippen LogP contribution < -0.4 is 0 Å². The first-order chi connectivity index (χ1) is 5.95. The van der Waals surface area contributed by atoms with E-state index in [9.17, 15) is 9.59 Å². The van der Waals surface area contributed by atoms with E-state index in [1.165, 1.54) is 0 Å². The Morgan fingerprint density at radius 1 is 1.08 bits per heavy atom. The zero-order valence-electron chi connectivity index (χ0n) is 8.47. The molecule has 0 spiro atoms. The van der Waals surface area contributed by atoms with E-state index in [1.54, 1.807) is 13.8 Å². The minimum Gasteiger partial charge on any atom is -0.285 e. The van der Waals surface area contributed by atoms with Crippen molar-refractivity contribution in [3.63, 3.8) is 0 Å². The maximum absolute atomic E-state index is 11.4. The molecule has 0 aromatic carbocycles. The molecule has 0 radical (unpaired) electrons. The predicted molar refractivity (Wildman–Crippen MR) is 51.3 cm³/mol. The first kappa shape index (κ1) is 9.90. The van der Waals surface area contributed by atoms with Crippen molar-refractivity contribution in [1.82, 2.24) is 0 Å². The number of Topliss-reactive ketones (excluding diaryl/α,β-unsaturated/α-hetero) is 2.